The van der Waals surface area contributed by atoms with Crippen LogP contribution in [0, 0.1) is 0 Å². The minimum Gasteiger partial charge on any atom is -0.462 e. The van der Waals surface area contributed by atoms with E-state index in [0.717, 1.165) is 12.1 Å². The van der Waals surface area contributed by atoms with Gasteiger partial charge in [0.15, 0.2) is 0 Å². The first-order valence-corrected chi connectivity index (χ1v) is 12.7. The number of anilines is 3. The van der Waals surface area contributed by atoms with Gasteiger partial charge in [-0.15, -0.1) is 0 Å². The fourth-order valence-corrected chi connectivity index (χ4v) is 4.12. The molecular formula is C29H23ClF3N3O5. The van der Waals surface area contributed by atoms with Crippen molar-refractivity contribution in [3.05, 3.63) is 100 Å². The summed E-state index contributed by atoms with van der Waals surface area (Å²) in [6, 6.07) is 16.5. The number of hydrogen-bond acceptors (Lipinski definition) is 6. The maximum Gasteiger partial charge on any atom is 0.416 e. The van der Waals surface area contributed by atoms with Gasteiger partial charge in [-0.1, -0.05) is 42.8 Å². The summed E-state index contributed by atoms with van der Waals surface area (Å²) in [5, 5.41) is 4.98. The van der Waals surface area contributed by atoms with Crippen LogP contribution in [0.25, 0.3) is 0 Å². The van der Waals surface area contributed by atoms with E-state index in [2.05, 4.69) is 10.6 Å². The van der Waals surface area contributed by atoms with Crippen LogP contribution in [0.1, 0.15) is 34.8 Å². The number of ether oxygens (including phenoxy) is 1. The summed E-state index contributed by atoms with van der Waals surface area (Å²) in [6.45, 7) is 2.18. The maximum atomic E-state index is 13.1. The third kappa shape index (κ3) is 6.93. The Kier molecular flexibility index (Phi) is 8.77. The van der Waals surface area contributed by atoms with Crippen molar-refractivity contribution in [2.75, 3.05) is 22.1 Å². The predicted molar refractivity (Wildman–Crippen MR) is 146 cm³/mol. The predicted octanol–water partition coefficient (Wildman–Crippen LogP) is 5.89. The molecule has 3 aromatic rings. The van der Waals surface area contributed by atoms with Crippen LogP contribution in [0.3, 0.4) is 0 Å². The number of amides is 3. The van der Waals surface area contributed by atoms with E-state index in [-0.39, 0.29) is 23.7 Å². The normalized spacial score (nSPS) is 13.4. The summed E-state index contributed by atoms with van der Waals surface area (Å²) >= 11 is 6.08. The van der Waals surface area contributed by atoms with Gasteiger partial charge in [0, 0.05) is 11.4 Å². The average Bonchev–Trinajstić information content (AvgIpc) is 3.15. The van der Waals surface area contributed by atoms with Crippen LogP contribution >= 0.6 is 11.6 Å². The van der Waals surface area contributed by atoms with Crippen molar-refractivity contribution in [2.45, 2.75) is 25.9 Å². The molecule has 0 aromatic heterocycles. The van der Waals surface area contributed by atoms with E-state index in [9.17, 15) is 32.3 Å². The molecule has 0 fully saturated rings. The molecule has 0 aliphatic carbocycles. The second-order valence-electron chi connectivity index (χ2n) is 8.95. The molecule has 3 amide bonds. The SMILES string of the molecule is CCCOC(=O)c1cccc(NC(=O)Cc2ccc(NC3=C(Cl)C(=O)N(c4cccc(C(F)(F)F)c4)C3=O)cc2)c1. The van der Waals surface area contributed by atoms with E-state index in [1.54, 1.807) is 42.5 Å². The summed E-state index contributed by atoms with van der Waals surface area (Å²) in [4.78, 5) is 50.7. The van der Waals surface area contributed by atoms with Gasteiger partial charge in [0.1, 0.15) is 10.7 Å². The van der Waals surface area contributed by atoms with E-state index >= 15 is 0 Å². The number of hydrogen-bond donors (Lipinski definition) is 2. The van der Waals surface area contributed by atoms with E-state index in [0.29, 0.717) is 46.5 Å². The lowest BCUT2D eigenvalue weighted by molar-refractivity contribution is -0.137. The van der Waals surface area contributed by atoms with Crippen molar-refractivity contribution < 1.29 is 37.1 Å². The second kappa shape index (κ2) is 12.3. The molecule has 0 spiro atoms. The lowest BCUT2D eigenvalue weighted by Gasteiger charge is -2.17. The molecule has 12 heteroatoms. The first-order chi connectivity index (χ1) is 19.5. The number of benzene rings is 3. The number of nitrogens with one attached hydrogen (secondary N) is 2. The molecule has 212 valence electrons. The van der Waals surface area contributed by atoms with Gasteiger partial charge in [-0.2, -0.15) is 13.2 Å². The highest BCUT2D eigenvalue weighted by atomic mass is 35.5. The van der Waals surface area contributed by atoms with Crippen LogP contribution in [0.5, 0.6) is 0 Å². The summed E-state index contributed by atoms with van der Waals surface area (Å²) < 4.78 is 44.4. The first-order valence-electron chi connectivity index (χ1n) is 12.4. The van der Waals surface area contributed by atoms with Crippen molar-refractivity contribution >= 4 is 52.4 Å². The quantitative estimate of drug-likeness (QED) is 0.240. The van der Waals surface area contributed by atoms with Gasteiger partial charge < -0.3 is 15.4 Å². The van der Waals surface area contributed by atoms with Crippen molar-refractivity contribution in [1.29, 1.82) is 0 Å². The molecule has 4 rings (SSSR count). The number of carbonyl (C=O) groups excluding carboxylic acids is 4. The van der Waals surface area contributed by atoms with E-state index in [4.69, 9.17) is 16.3 Å². The number of alkyl halides is 3. The van der Waals surface area contributed by atoms with Gasteiger partial charge in [0.2, 0.25) is 5.91 Å². The van der Waals surface area contributed by atoms with Crippen molar-refractivity contribution in [1.82, 2.24) is 0 Å². The minimum absolute atomic E-state index is 0.00498. The molecule has 1 aliphatic heterocycles. The number of halogens is 4. The van der Waals surface area contributed by atoms with Crippen LogP contribution in [-0.4, -0.2) is 30.3 Å². The van der Waals surface area contributed by atoms with Gasteiger partial charge in [-0.25, -0.2) is 9.69 Å². The highest BCUT2D eigenvalue weighted by Gasteiger charge is 2.40. The molecule has 0 bridgehead atoms. The average molecular weight is 586 g/mol. The van der Waals surface area contributed by atoms with E-state index < -0.39 is 34.6 Å². The Morgan fingerprint density at radius 1 is 0.927 bits per heavy atom. The molecule has 1 aliphatic rings. The monoisotopic (exact) mass is 585 g/mol. The van der Waals surface area contributed by atoms with Gasteiger partial charge in [0.25, 0.3) is 11.8 Å². The lowest BCUT2D eigenvalue weighted by Crippen LogP contribution is -2.32. The van der Waals surface area contributed by atoms with Gasteiger partial charge >= 0.3 is 12.1 Å². The fourth-order valence-electron chi connectivity index (χ4n) is 3.91. The summed E-state index contributed by atoms with van der Waals surface area (Å²) in [6.07, 6.45) is -3.98. The highest BCUT2D eigenvalue weighted by molar-refractivity contribution is 6.53. The van der Waals surface area contributed by atoms with Gasteiger partial charge in [-0.3, -0.25) is 14.4 Å². The number of rotatable bonds is 9. The van der Waals surface area contributed by atoms with Gasteiger partial charge in [0.05, 0.1) is 29.8 Å². The zero-order valence-electron chi connectivity index (χ0n) is 21.5. The van der Waals surface area contributed by atoms with Crippen molar-refractivity contribution in [2.24, 2.45) is 0 Å². The Labute approximate surface area is 237 Å². The molecule has 0 atom stereocenters. The first kappa shape index (κ1) is 29.3. The Morgan fingerprint density at radius 3 is 2.32 bits per heavy atom. The summed E-state index contributed by atoms with van der Waals surface area (Å²) in [5.41, 5.74) is 0.127. The van der Waals surface area contributed by atoms with Crippen LogP contribution in [0.15, 0.2) is 83.5 Å². The Hall–Kier alpha value is -4.64. The van der Waals surface area contributed by atoms with Crippen molar-refractivity contribution in [3.8, 4) is 0 Å². The zero-order chi connectivity index (χ0) is 29.7. The molecule has 8 nitrogen and oxygen atoms in total. The van der Waals surface area contributed by atoms with E-state index in [1.807, 2.05) is 6.92 Å². The Balaban J connectivity index is 1.39. The largest absolute Gasteiger partial charge is 0.462 e. The van der Waals surface area contributed by atoms with Crippen LogP contribution in [0.4, 0.5) is 30.2 Å². The van der Waals surface area contributed by atoms with Crippen molar-refractivity contribution in [3.63, 3.8) is 0 Å². The van der Waals surface area contributed by atoms with Crippen LogP contribution < -0.4 is 15.5 Å². The fraction of sp³-hybridized carbons (Fsp3) is 0.172. The third-order valence-electron chi connectivity index (χ3n) is 5.87. The second-order valence-corrected chi connectivity index (χ2v) is 9.32. The smallest absolute Gasteiger partial charge is 0.416 e. The molecule has 2 N–H and O–H groups in total. The topological polar surface area (TPSA) is 105 Å². The number of imide groups is 1. The number of esters is 1. The summed E-state index contributed by atoms with van der Waals surface area (Å²) in [5.74, 6) is -2.71. The third-order valence-corrected chi connectivity index (χ3v) is 6.22. The Bertz CT molecular complexity index is 1540. The molecule has 3 aromatic carbocycles. The lowest BCUT2D eigenvalue weighted by atomic mass is 10.1. The molecule has 0 unspecified atom stereocenters. The molecule has 41 heavy (non-hydrogen) atoms. The minimum atomic E-state index is -4.66. The zero-order valence-corrected chi connectivity index (χ0v) is 22.3. The Morgan fingerprint density at radius 2 is 1.63 bits per heavy atom. The van der Waals surface area contributed by atoms with Crippen LogP contribution in [-0.2, 0) is 31.7 Å². The molecule has 0 saturated heterocycles. The molecule has 1 heterocycles. The number of carbonyl (C=O) groups is 4. The van der Waals surface area contributed by atoms with E-state index in [1.165, 1.54) is 12.1 Å². The molecular weight excluding hydrogens is 563 g/mol. The molecule has 0 saturated carbocycles. The van der Waals surface area contributed by atoms with Gasteiger partial charge in [-0.05, 0) is 60.5 Å². The van der Waals surface area contributed by atoms with Crippen LogP contribution in [0.2, 0.25) is 0 Å². The molecule has 0 radical (unpaired) electrons. The maximum absolute atomic E-state index is 13.1. The highest BCUT2D eigenvalue weighted by Crippen LogP contribution is 2.35. The standard InChI is InChI=1S/C29H23ClF3N3O5/c1-2-13-41-28(40)18-5-3-7-21(15-18)34-23(37)14-17-9-11-20(12-10-17)35-25-24(30)26(38)36(27(25)39)22-8-4-6-19(16-22)29(31,32)33/h3-12,15-16,35H,2,13-14H2,1H3,(H,34,37). The summed E-state index contributed by atoms with van der Waals surface area (Å²) in [7, 11) is 0. The number of nitrogens with zero attached hydrogens (tertiary/aromatic N) is 1.